The fourth-order valence-electron chi connectivity index (χ4n) is 3.80. The Labute approximate surface area is 170 Å². The number of nitrogens with zero attached hydrogens (tertiary/aromatic N) is 3. The number of amides is 1. The van der Waals surface area contributed by atoms with Crippen molar-refractivity contribution in [1.82, 2.24) is 20.4 Å². The maximum atomic E-state index is 12.1. The van der Waals surface area contributed by atoms with Gasteiger partial charge in [0.05, 0.1) is 0 Å². The van der Waals surface area contributed by atoms with Gasteiger partial charge in [0.2, 0.25) is 0 Å². The molecule has 0 spiro atoms. The fraction of sp³-hybridized carbons (Fsp3) is 0.636. The molecule has 0 saturated carbocycles. The van der Waals surface area contributed by atoms with Crippen LogP contribution in [0.15, 0.2) is 29.3 Å². The van der Waals surface area contributed by atoms with Gasteiger partial charge in [-0.2, -0.15) is 0 Å². The highest BCUT2D eigenvalue weighted by Crippen LogP contribution is 2.18. The Morgan fingerprint density at radius 1 is 1.25 bits per heavy atom. The lowest BCUT2D eigenvalue weighted by Gasteiger charge is -2.35. The second-order valence-corrected chi connectivity index (χ2v) is 7.67. The quantitative estimate of drug-likeness (QED) is 0.531. The van der Waals surface area contributed by atoms with Crippen molar-refractivity contribution in [2.24, 2.45) is 4.99 Å². The predicted octanol–water partition coefficient (Wildman–Crippen LogP) is 2.36. The van der Waals surface area contributed by atoms with E-state index >= 15 is 0 Å². The van der Waals surface area contributed by atoms with E-state index in [9.17, 15) is 4.79 Å². The number of nitrogens with one attached hydrogen (secondary N) is 2. The average molecular weight is 388 g/mol. The normalized spacial score (nSPS) is 18.0. The molecule has 1 atom stereocenters. The van der Waals surface area contributed by atoms with Crippen molar-refractivity contribution in [2.75, 3.05) is 47.3 Å². The van der Waals surface area contributed by atoms with Gasteiger partial charge in [0.25, 0.3) is 5.91 Å². The van der Waals surface area contributed by atoms with Crippen LogP contribution in [-0.2, 0) is 6.42 Å². The van der Waals surface area contributed by atoms with Gasteiger partial charge in [-0.05, 0) is 49.9 Å². The van der Waals surface area contributed by atoms with E-state index in [4.69, 9.17) is 0 Å². The van der Waals surface area contributed by atoms with Crippen LogP contribution in [-0.4, -0.2) is 75.0 Å². The number of benzene rings is 1. The highest BCUT2D eigenvalue weighted by Gasteiger charge is 2.19. The fourth-order valence-corrected chi connectivity index (χ4v) is 3.80. The van der Waals surface area contributed by atoms with Gasteiger partial charge in [0.1, 0.15) is 0 Å². The Hall–Kier alpha value is -2.08. The zero-order chi connectivity index (χ0) is 20.4. The van der Waals surface area contributed by atoms with Crippen molar-refractivity contribution in [2.45, 2.75) is 45.1 Å². The molecule has 1 fully saturated rings. The van der Waals surface area contributed by atoms with E-state index < -0.39 is 0 Å². The molecule has 2 N–H and O–H groups in total. The molecule has 0 bridgehead atoms. The molecule has 0 aliphatic carbocycles. The Kier molecular flexibility index (Phi) is 9.28. The maximum Gasteiger partial charge on any atom is 0.253 e. The van der Waals surface area contributed by atoms with Crippen LogP contribution in [0.4, 0.5) is 0 Å². The molecule has 1 aliphatic rings. The van der Waals surface area contributed by atoms with Gasteiger partial charge in [-0.15, -0.1) is 0 Å². The van der Waals surface area contributed by atoms with Gasteiger partial charge in [0.15, 0.2) is 5.96 Å². The van der Waals surface area contributed by atoms with Crippen LogP contribution < -0.4 is 10.6 Å². The Morgan fingerprint density at radius 3 is 2.75 bits per heavy atom. The zero-order valence-electron chi connectivity index (χ0n) is 18.0. The first-order chi connectivity index (χ1) is 13.5. The number of hydrogen-bond acceptors (Lipinski definition) is 3. The molecule has 156 valence electrons. The van der Waals surface area contributed by atoms with Crippen LogP contribution in [0, 0.1) is 0 Å². The summed E-state index contributed by atoms with van der Waals surface area (Å²) in [4.78, 5) is 20.6. The van der Waals surface area contributed by atoms with Crippen molar-refractivity contribution in [3.8, 4) is 0 Å². The SMILES string of the molecule is CCC1CCCCN1CCNC(=NC)NCCc1cccc(C(=O)N(C)C)c1. The minimum Gasteiger partial charge on any atom is -0.356 e. The molecule has 1 aromatic carbocycles. The highest BCUT2D eigenvalue weighted by molar-refractivity contribution is 5.94. The lowest BCUT2D eigenvalue weighted by Crippen LogP contribution is -2.46. The summed E-state index contributed by atoms with van der Waals surface area (Å²) in [7, 11) is 5.36. The first-order valence-corrected chi connectivity index (χ1v) is 10.5. The molecule has 2 rings (SSSR count). The van der Waals surface area contributed by atoms with Gasteiger partial charge >= 0.3 is 0 Å². The Morgan fingerprint density at radius 2 is 2.04 bits per heavy atom. The molecule has 1 heterocycles. The number of hydrogen-bond donors (Lipinski definition) is 2. The molecular formula is C22H37N5O. The monoisotopic (exact) mass is 387 g/mol. The molecular weight excluding hydrogens is 350 g/mol. The van der Waals surface area contributed by atoms with Crippen LogP contribution in [0.2, 0.25) is 0 Å². The molecule has 28 heavy (non-hydrogen) atoms. The third kappa shape index (κ3) is 6.82. The summed E-state index contributed by atoms with van der Waals surface area (Å²) in [6, 6.07) is 8.58. The van der Waals surface area contributed by atoms with Crippen molar-refractivity contribution in [3.05, 3.63) is 35.4 Å². The zero-order valence-corrected chi connectivity index (χ0v) is 18.0. The Balaban J connectivity index is 1.74. The number of likely N-dealkylation sites (tertiary alicyclic amines) is 1. The van der Waals surface area contributed by atoms with E-state index in [0.717, 1.165) is 49.2 Å². The van der Waals surface area contributed by atoms with E-state index in [0.29, 0.717) is 0 Å². The molecule has 1 aliphatic heterocycles. The molecule has 1 saturated heterocycles. The summed E-state index contributed by atoms with van der Waals surface area (Å²) in [5.41, 5.74) is 1.88. The van der Waals surface area contributed by atoms with Crippen molar-refractivity contribution in [1.29, 1.82) is 0 Å². The number of rotatable bonds is 8. The summed E-state index contributed by atoms with van der Waals surface area (Å²) < 4.78 is 0. The van der Waals surface area contributed by atoms with Gasteiger partial charge < -0.3 is 15.5 Å². The molecule has 1 aromatic rings. The van der Waals surface area contributed by atoms with E-state index in [1.165, 1.54) is 32.2 Å². The number of guanidine groups is 1. The number of aliphatic imine (C=N–C) groups is 1. The molecule has 6 nitrogen and oxygen atoms in total. The average Bonchev–Trinajstić information content (AvgIpc) is 2.72. The van der Waals surface area contributed by atoms with Crippen molar-refractivity contribution in [3.63, 3.8) is 0 Å². The lowest BCUT2D eigenvalue weighted by atomic mass is 10.0. The maximum absolute atomic E-state index is 12.1. The first-order valence-electron chi connectivity index (χ1n) is 10.5. The molecule has 1 amide bonds. The number of carbonyl (C=O) groups is 1. The van der Waals surface area contributed by atoms with Crippen LogP contribution in [0.1, 0.15) is 48.5 Å². The predicted molar refractivity (Wildman–Crippen MR) is 117 cm³/mol. The standard InChI is InChI=1S/C22H37N5O/c1-5-20-11-6-7-15-27(20)16-14-25-22(23-2)24-13-12-18-9-8-10-19(17-18)21(28)26(3)4/h8-10,17,20H,5-7,11-16H2,1-4H3,(H2,23,24,25). The number of piperidine rings is 1. The van der Waals surface area contributed by atoms with Crippen molar-refractivity contribution < 1.29 is 4.79 Å². The van der Waals surface area contributed by atoms with Crippen LogP contribution >= 0.6 is 0 Å². The van der Waals surface area contributed by atoms with Crippen LogP contribution in [0.25, 0.3) is 0 Å². The topological polar surface area (TPSA) is 60.0 Å². The first kappa shape index (κ1) is 22.2. The summed E-state index contributed by atoms with van der Waals surface area (Å²) >= 11 is 0. The third-order valence-electron chi connectivity index (χ3n) is 5.42. The summed E-state index contributed by atoms with van der Waals surface area (Å²) in [5, 5.41) is 6.81. The van der Waals surface area contributed by atoms with E-state index in [-0.39, 0.29) is 5.91 Å². The lowest BCUT2D eigenvalue weighted by molar-refractivity contribution is 0.0827. The van der Waals surface area contributed by atoms with E-state index in [2.05, 4.69) is 33.5 Å². The largest absolute Gasteiger partial charge is 0.356 e. The second-order valence-electron chi connectivity index (χ2n) is 7.67. The minimum absolute atomic E-state index is 0.0374. The van der Waals surface area contributed by atoms with Gasteiger partial charge in [-0.1, -0.05) is 25.5 Å². The summed E-state index contributed by atoms with van der Waals surface area (Å²) in [6.45, 7) is 6.25. The van der Waals surface area contributed by atoms with Gasteiger partial charge in [-0.25, -0.2) is 0 Å². The van der Waals surface area contributed by atoms with Crippen LogP contribution in [0.5, 0.6) is 0 Å². The number of carbonyl (C=O) groups excluding carboxylic acids is 1. The minimum atomic E-state index is 0.0374. The Bertz CT molecular complexity index is 644. The molecule has 6 heteroatoms. The summed E-state index contributed by atoms with van der Waals surface area (Å²) in [6.07, 6.45) is 6.10. The molecule has 0 radical (unpaired) electrons. The third-order valence-corrected chi connectivity index (χ3v) is 5.42. The summed E-state index contributed by atoms with van der Waals surface area (Å²) in [5.74, 6) is 0.876. The smallest absolute Gasteiger partial charge is 0.253 e. The van der Waals surface area contributed by atoms with E-state index in [1.807, 2.05) is 18.2 Å². The second kappa shape index (κ2) is 11.7. The van der Waals surface area contributed by atoms with Gasteiger partial charge in [-0.3, -0.25) is 14.7 Å². The van der Waals surface area contributed by atoms with Crippen molar-refractivity contribution >= 4 is 11.9 Å². The van der Waals surface area contributed by atoms with Crippen LogP contribution in [0.3, 0.4) is 0 Å². The highest BCUT2D eigenvalue weighted by atomic mass is 16.2. The van der Waals surface area contributed by atoms with Gasteiger partial charge in [0, 0.05) is 52.4 Å². The van der Waals surface area contributed by atoms with E-state index in [1.54, 1.807) is 26.0 Å². The molecule has 0 aromatic heterocycles. The molecule has 1 unspecified atom stereocenters.